The van der Waals surface area contributed by atoms with E-state index in [0.717, 1.165) is 0 Å². The van der Waals surface area contributed by atoms with Crippen molar-refractivity contribution >= 4 is 47.3 Å². The molecule has 34 heavy (non-hydrogen) atoms. The van der Waals surface area contributed by atoms with Gasteiger partial charge in [0, 0.05) is 34.4 Å². The molecular weight excluding hydrogens is 479 g/mol. The Hall–Kier alpha value is -3.75. The van der Waals surface area contributed by atoms with Gasteiger partial charge in [0.2, 0.25) is 0 Å². The number of nitrogens with one attached hydrogen (secondary N) is 2. The lowest BCUT2D eigenvalue weighted by molar-refractivity contribution is -0.122. The van der Waals surface area contributed by atoms with E-state index in [1.165, 1.54) is 30.1 Å². The summed E-state index contributed by atoms with van der Waals surface area (Å²) in [4.78, 5) is 26.7. The number of rotatable bonds is 8. The third kappa shape index (κ3) is 6.63. The van der Waals surface area contributed by atoms with Crippen LogP contribution in [0, 0.1) is 5.41 Å². The van der Waals surface area contributed by atoms with Crippen molar-refractivity contribution in [1.29, 1.82) is 5.41 Å². The second kappa shape index (κ2) is 11.9. The minimum atomic E-state index is -0.396. The van der Waals surface area contributed by atoms with E-state index in [9.17, 15) is 14.7 Å². The van der Waals surface area contributed by atoms with Gasteiger partial charge in [0.15, 0.2) is 6.61 Å². The zero-order chi connectivity index (χ0) is 24.0. The van der Waals surface area contributed by atoms with Crippen molar-refractivity contribution in [3.63, 3.8) is 0 Å². The maximum atomic E-state index is 13.5. The molecule has 3 aromatic rings. The number of amidine groups is 1. The molecule has 5 N–H and O–H groups in total. The number of phenols is 1. The van der Waals surface area contributed by atoms with Gasteiger partial charge in [-0.05, 0) is 36.4 Å². The van der Waals surface area contributed by atoms with E-state index in [4.69, 9.17) is 27.5 Å². The molecule has 0 aromatic heterocycles. The summed E-state index contributed by atoms with van der Waals surface area (Å²) in [6.45, 7) is -0.163. The van der Waals surface area contributed by atoms with Crippen LogP contribution in [0.5, 0.6) is 11.5 Å². The summed E-state index contributed by atoms with van der Waals surface area (Å²) in [5.74, 6) is -0.698. The third-order valence-corrected chi connectivity index (χ3v) is 5.00. The van der Waals surface area contributed by atoms with Crippen LogP contribution in [-0.2, 0) is 11.3 Å². The zero-order valence-corrected chi connectivity index (χ0v) is 19.8. The van der Waals surface area contributed by atoms with Gasteiger partial charge in [-0.15, -0.1) is 12.4 Å². The van der Waals surface area contributed by atoms with E-state index in [-0.39, 0.29) is 53.6 Å². The Bertz CT molecular complexity index is 1170. The average molecular weight is 503 g/mol. The minimum Gasteiger partial charge on any atom is -0.508 e. The lowest BCUT2D eigenvalue weighted by Crippen LogP contribution is -2.31. The van der Waals surface area contributed by atoms with E-state index >= 15 is 0 Å². The monoisotopic (exact) mass is 502 g/mol. The van der Waals surface area contributed by atoms with Gasteiger partial charge in [0.25, 0.3) is 11.8 Å². The van der Waals surface area contributed by atoms with E-state index in [0.29, 0.717) is 22.6 Å². The van der Waals surface area contributed by atoms with Crippen molar-refractivity contribution in [2.45, 2.75) is 6.54 Å². The minimum absolute atomic E-state index is 0. The number of para-hydroxylation sites is 1. The number of carbonyl (C=O) groups excluding carboxylic acids is 2. The molecule has 8 nitrogen and oxygen atoms in total. The summed E-state index contributed by atoms with van der Waals surface area (Å²) in [6.07, 6.45) is 0. The van der Waals surface area contributed by atoms with Crippen LogP contribution in [0.3, 0.4) is 0 Å². The number of ether oxygens (including phenoxy) is 1. The molecule has 10 heteroatoms. The zero-order valence-electron chi connectivity index (χ0n) is 18.2. The van der Waals surface area contributed by atoms with Crippen LogP contribution in [0.4, 0.5) is 5.69 Å². The highest BCUT2D eigenvalue weighted by molar-refractivity contribution is 6.31. The number of likely N-dealkylation sites (N-methyl/N-ethyl adjacent to an activating group) is 1. The normalized spacial score (nSPS) is 10.1. The molecule has 3 aromatic carbocycles. The molecule has 0 saturated carbocycles. The largest absolute Gasteiger partial charge is 0.508 e. The van der Waals surface area contributed by atoms with Crippen molar-refractivity contribution in [2.75, 3.05) is 18.6 Å². The lowest BCUT2D eigenvalue weighted by atomic mass is 10.1. The Morgan fingerprint density at radius 3 is 2.41 bits per heavy atom. The number of benzene rings is 3. The maximum Gasteiger partial charge on any atom is 0.258 e. The molecule has 0 unspecified atom stereocenters. The fourth-order valence-electron chi connectivity index (χ4n) is 3.11. The van der Waals surface area contributed by atoms with E-state index in [1.54, 1.807) is 42.5 Å². The fourth-order valence-corrected chi connectivity index (χ4v) is 3.34. The first kappa shape index (κ1) is 26.5. The average Bonchev–Trinajstić information content (AvgIpc) is 2.80. The van der Waals surface area contributed by atoms with Crippen LogP contribution in [0.1, 0.15) is 21.5 Å². The maximum absolute atomic E-state index is 13.5. The molecule has 0 bridgehead atoms. The van der Waals surface area contributed by atoms with Gasteiger partial charge in [-0.2, -0.15) is 0 Å². The predicted molar refractivity (Wildman–Crippen MR) is 134 cm³/mol. The van der Waals surface area contributed by atoms with Crippen molar-refractivity contribution in [2.24, 2.45) is 5.73 Å². The number of anilines is 1. The summed E-state index contributed by atoms with van der Waals surface area (Å²) in [5, 5.41) is 20.3. The highest BCUT2D eigenvalue weighted by Crippen LogP contribution is 2.28. The number of aromatic hydroxyl groups is 1. The molecule has 0 radical (unpaired) electrons. The molecule has 0 aliphatic heterocycles. The molecule has 178 valence electrons. The molecule has 0 heterocycles. The summed E-state index contributed by atoms with van der Waals surface area (Å²) in [7, 11) is 1.49. The first-order chi connectivity index (χ1) is 15.8. The Morgan fingerprint density at radius 2 is 1.79 bits per heavy atom. The number of carbonyl (C=O) groups is 2. The van der Waals surface area contributed by atoms with E-state index < -0.39 is 5.91 Å². The van der Waals surface area contributed by atoms with Crippen LogP contribution in [-0.4, -0.2) is 36.4 Å². The molecule has 2 amide bonds. The van der Waals surface area contributed by atoms with Crippen LogP contribution in [0.15, 0.2) is 66.7 Å². The number of halogens is 2. The standard InChI is InChI=1S/C24H23ClN4O4.ClH/c1-28-22(31)14-33-21-11-15(23(26)27)7-8-16(21)13-29(19-5-3-2-4-6-19)24(32)17-9-18(25)12-20(30)10-17;/h2-12,30H,13-14H2,1H3,(H3,26,27)(H,28,31);1H. The fraction of sp³-hybridized carbons (Fsp3) is 0.125. The van der Waals surface area contributed by atoms with E-state index in [1.807, 2.05) is 6.07 Å². The molecule has 0 spiro atoms. The topological polar surface area (TPSA) is 129 Å². The van der Waals surface area contributed by atoms with E-state index in [2.05, 4.69) is 5.32 Å². The van der Waals surface area contributed by atoms with Crippen molar-refractivity contribution in [3.05, 3.63) is 88.4 Å². The van der Waals surface area contributed by atoms with Crippen molar-refractivity contribution in [3.8, 4) is 11.5 Å². The molecule has 0 aliphatic rings. The SMILES string of the molecule is CNC(=O)COc1cc(C(=N)N)ccc1CN(C(=O)c1cc(O)cc(Cl)c1)c1ccccc1.Cl. The number of phenolic OH excluding ortho intramolecular Hbond substituents is 1. The first-order valence-corrected chi connectivity index (χ1v) is 10.3. The van der Waals surface area contributed by atoms with Gasteiger partial charge < -0.3 is 25.8 Å². The summed E-state index contributed by atoms with van der Waals surface area (Å²) in [6, 6.07) is 18.0. The summed E-state index contributed by atoms with van der Waals surface area (Å²) >= 11 is 6.04. The number of nitrogens with two attached hydrogens (primary N) is 1. The lowest BCUT2D eigenvalue weighted by Gasteiger charge is -2.25. The van der Waals surface area contributed by atoms with Gasteiger partial charge in [0.1, 0.15) is 17.3 Å². The van der Waals surface area contributed by atoms with Crippen LogP contribution in [0.25, 0.3) is 0 Å². The van der Waals surface area contributed by atoms with Crippen LogP contribution in [0.2, 0.25) is 5.02 Å². The summed E-state index contributed by atoms with van der Waals surface area (Å²) in [5.41, 5.74) is 7.43. The number of nitrogens with zero attached hydrogens (tertiary/aromatic N) is 1. The molecule has 3 rings (SSSR count). The van der Waals surface area contributed by atoms with Crippen molar-refractivity contribution < 1.29 is 19.4 Å². The number of hydrogen-bond acceptors (Lipinski definition) is 5. The number of amides is 2. The van der Waals surface area contributed by atoms with Gasteiger partial charge in [0.05, 0.1) is 6.54 Å². The molecule has 0 atom stereocenters. The number of nitrogen functional groups attached to an aromatic ring is 1. The Morgan fingerprint density at radius 1 is 1.09 bits per heavy atom. The second-order valence-electron chi connectivity index (χ2n) is 7.12. The van der Waals surface area contributed by atoms with Gasteiger partial charge in [-0.1, -0.05) is 41.9 Å². The van der Waals surface area contributed by atoms with Crippen molar-refractivity contribution in [1.82, 2.24) is 5.32 Å². The highest BCUT2D eigenvalue weighted by atomic mass is 35.5. The second-order valence-corrected chi connectivity index (χ2v) is 7.56. The Labute approximate surface area is 208 Å². The Balaban J connectivity index is 0.00000408. The quantitative estimate of drug-likeness (QED) is 0.275. The van der Waals surface area contributed by atoms with Gasteiger partial charge in [-0.3, -0.25) is 15.0 Å². The number of hydrogen-bond donors (Lipinski definition) is 4. The molecule has 0 aliphatic carbocycles. The van der Waals surface area contributed by atoms with Crippen LogP contribution >= 0.6 is 24.0 Å². The smallest absolute Gasteiger partial charge is 0.258 e. The van der Waals surface area contributed by atoms with Gasteiger partial charge in [-0.25, -0.2) is 0 Å². The molecule has 0 fully saturated rings. The van der Waals surface area contributed by atoms with Gasteiger partial charge >= 0.3 is 0 Å². The molecule has 0 saturated heterocycles. The first-order valence-electron chi connectivity index (χ1n) is 9.95. The van der Waals surface area contributed by atoms with Crippen LogP contribution < -0.4 is 20.7 Å². The predicted octanol–water partition coefficient (Wildman–Crippen LogP) is 3.72. The third-order valence-electron chi connectivity index (χ3n) is 4.79. The highest BCUT2D eigenvalue weighted by Gasteiger charge is 2.21. The molecular formula is C24H24Cl2N4O4. The summed E-state index contributed by atoms with van der Waals surface area (Å²) < 4.78 is 5.68. The Kier molecular flexibility index (Phi) is 9.29.